The summed E-state index contributed by atoms with van der Waals surface area (Å²) in [5, 5.41) is 10.1. The molecule has 6 nitrogen and oxygen atoms in total. The van der Waals surface area contributed by atoms with Crippen LogP contribution in [0.15, 0.2) is 42.5 Å². The van der Waals surface area contributed by atoms with Crippen molar-refractivity contribution in [3.05, 3.63) is 68.7 Å². The van der Waals surface area contributed by atoms with Crippen LogP contribution in [0.4, 0.5) is 0 Å². The molecular formula is C21H28Cl3N3O3. The molecule has 0 bridgehead atoms. The highest BCUT2D eigenvalue weighted by Gasteiger charge is 2.09. The maximum Gasteiger partial charge on any atom is 0.320 e. The van der Waals surface area contributed by atoms with Crippen molar-refractivity contribution < 1.29 is 14.7 Å². The maximum atomic E-state index is 10.2. The summed E-state index contributed by atoms with van der Waals surface area (Å²) in [4.78, 5) is 20.3. The Labute approximate surface area is 192 Å². The van der Waals surface area contributed by atoms with Crippen LogP contribution in [0.25, 0.3) is 0 Å². The molecule has 0 saturated heterocycles. The number of aldehydes is 1. The topological polar surface area (TPSA) is 132 Å². The highest BCUT2D eigenvalue weighted by Crippen LogP contribution is 2.19. The molecule has 9 heteroatoms. The Morgan fingerprint density at radius 3 is 2.17 bits per heavy atom. The number of rotatable bonds is 8. The van der Waals surface area contributed by atoms with Crippen molar-refractivity contribution >= 4 is 47.1 Å². The van der Waals surface area contributed by atoms with Gasteiger partial charge in [0.05, 0.1) is 5.02 Å². The molecule has 0 spiro atoms. The zero-order valence-corrected chi connectivity index (χ0v) is 18.8. The molecule has 0 fully saturated rings. The van der Waals surface area contributed by atoms with Crippen LogP contribution in [0, 0.1) is 0 Å². The fourth-order valence-corrected chi connectivity index (χ4v) is 2.77. The van der Waals surface area contributed by atoms with E-state index in [0.717, 1.165) is 29.8 Å². The van der Waals surface area contributed by atoms with Crippen LogP contribution >= 0.6 is 34.8 Å². The Hall–Kier alpha value is -1.67. The predicted octanol–water partition coefficient (Wildman–Crippen LogP) is 4.17. The van der Waals surface area contributed by atoms with Crippen molar-refractivity contribution in [2.24, 2.45) is 17.2 Å². The van der Waals surface area contributed by atoms with Crippen LogP contribution < -0.4 is 17.2 Å². The van der Waals surface area contributed by atoms with Crippen LogP contribution in [0.5, 0.6) is 0 Å². The minimum absolute atomic E-state index is 0.391. The minimum atomic E-state index is -0.933. The van der Waals surface area contributed by atoms with Gasteiger partial charge in [0.25, 0.3) is 0 Å². The summed E-state index contributed by atoms with van der Waals surface area (Å²) < 4.78 is 0. The molecule has 0 aliphatic heterocycles. The lowest BCUT2D eigenvalue weighted by Crippen LogP contribution is -2.29. The second-order valence-corrected chi connectivity index (χ2v) is 7.39. The standard InChI is InChI=1S/C8H10ClN.C7H4Cl2O.C6H14N2O2/c9-8-4-2-1-3-7(8)5-6-10;8-6-2-1-5(4-10)7(9)3-6;7-4-2-1-3-5(8)6(9)10/h1-4H,5-6,10H2;1-4H;5H,1-4,7-8H2,(H,9,10)/t;;5-/m..0/s1. The lowest BCUT2D eigenvalue weighted by atomic mass is 10.1. The summed E-state index contributed by atoms with van der Waals surface area (Å²) in [6.07, 6.45) is 3.72. The van der Waals surface area contributed by atoms with Gasteiger partial charge < -0.3 is 22.3 Å². The minimum Gasteiger partial charge on any atom is -0.480 e. The lowest BCUT2D eigenvalue weighted by molar-refractivity contribution is -0.138. The largest absolute Gasteiger partial charge is 0.480 e. The van der Waals surface area contributed by atoms with E-state index in [1.54, 1.807) is 12.1 Å². The van der Waals surface area contributed by atoms with E-state index in [9.17, 15) is 9.59 Å². The number of unbranched alkanes of at least 4 members (excludes halogenated alkanes) is 1. The number of carbonyl (C=O) groups is 2. The third-order valence-electron chi connectivity index (χ3n) is 3.75. The first-order valence-electron chi connectivity index (χ1n) is 9.28. The van der Waals surface area contributed by atoms with Gasteiger partial charge in [-0.3, -0.25) is 9.59 Å². The smallest absolute Gasteiger partial charge is 0.320 e. The van der Waals surface area contributed by atoms with E-state index in [1.807, 2.05) is 24.3 Å². The molecule has 0 heterocycles. The molecule has 0 saturated carbocycles. The van der Waals surface area contributed by atoms with Gasteiger partial charge in [-0.1, -0.05) is 59.4 Å². The molecule has 30 heavy (non-hydrogen) atoms. The normalized spacial score (nSPS) is 10.7. The molecule has 0 radical (unpaired) electrons. The number of nitrogens with two attached hydrogens (primary N) is 3. The molecule has 7 N–H and O–H groups in total. The number of benzene rings is 2. The number of carboxylic acids is 1. The summed E-state index contributed by atoms with van der Waals surface area (Å²) in [7, 11) is 0. The second kappa shape index (κ2) is 17.1. The van der Waals surface area contributed by atoms with Crippen molar-refractivity contribution in [3.8, 4) is 0 Å². The number of carboxylic acid groups (broad SMARTS) is 1. The summed E-state index contributed by atoms with van der Waals surface area (Å²) >= 11 is 17.0. The molecular weight excluding hydrogens is 449 g/mol. The molecule has 1 atom stereocenters. The van der Waals surface area contributed by atoms with Crippen LogP contribution in [-0.4, -0.2) is 36.5 Å². The Balaban J connectivity index is 0.000000420. The molecule has 0 unspecified atom stereocenters. The van der Waals surface area contributed by atoms with Crippen molar-refractivity contribution in [2.45, 2.75) is 31.7 Å². The van der Waals surface area contributed by atoms with E-state index < -0.39 is 12.0 Å². The van der Waals surface area contributed by atoms with Gasteiger partial charge in [0.1, 0.15) is 6.04 Å². The van der Waals surface area contributed by atoms with Gasteiger partial charge >= 0.3 is 5.97 Å². The molecule has 0 aliphatic carbocycles. The van der Waals surface area contributed by atoms with E-state index in [0.29, 0.717) is 41.4 Å². The summed E-state index contributed by atoms with van der Waals surface area (Å²) in [6.45, 7) is 1.26. The van der Waals surface area contributed by atoms with E-state index in [-0.39, 0.29) is 0 Å². The third kappa shape index (κ3) is 12.8. The Kier molecular flexibility index (Phi) is 16.1. The van der Waals surface area contributed by atoms with Crippen molar-refractivity contribution in [1.82, 2.24) is 0 Å². The lowest BCUT2D eigenvalue weighted by Gasteiger charge is -2.03. The molecule has 0 aromatic heterocycles. The number of aliphatic carboxylic acids is 1. The number of carbonyl (C=O) groups excluding carboxylic acids is 1. The Morgan fingerprint density at radius 1 is 1.00 bits per heavy atom. The average molecular weight is 477 g/mol. The number of hydrogen-bond donors (Lipinski definition) is 4. The van der Waals surface area contributed by atoms with Gasteiger partial charge in [0, 0.05) is 15.6 Å². The van der Waals surface area contributed by atoms with Crippen LogP contribution in [0.2, 0.25) is 15.1 Å². The van der Waals surface area contributed by atoms with Gasteiger partial charge in [0.2, 0.25) is 0 Å². The molecule has 166 valence electrons. The molecule has 2 aromatic carbocycles. The van der Waals surface area contributed by atoms with E-state index in [1.165, 1.54) is 6.07 Å². The third-order valence-corrected chi connectivity index (χ3v) is 4.68. The summed E-state index contributed by atoms with van der Waals surface area (Å²) in [5.41, 5.74) is 17.4. The van der Waals surface area contributed by atoms with Gasteiger partial charge in [-0.25, -0.2) is 0 Å². The van der Waals surface area contributed by atoms with Gasteiger partial charge in [0.15, 0.2) is 6.29 Å². The average Bonchev–Trinajstić information content (AvgIpc) is 2.71. The van der Waals surface area contributed by atoms with E-state index >= 15 is 0 Å². The predicted molar refractivity (Wildman–Crippen MR) is 125 cm³/mol. The monoisotopic (exact) mass is 475 g/mol. The number of halogens is 3. The van der Waals surface area contributed by atoms with E-state index in [4.69, 9.17) is 57.1 Å². The zero-order valence-electron chi connectivity index (χ0n) is 16.6. The molecule has 2 rings (SSSR count). The first kappa shape index (κ1) is 28.3. The molecule has 0 aliphatic rings. The Morgan fingerprint density at radius 2 is 1.67 bits per heavy atom. The van der Waals surface area contributed by atoms with Crippen molar-refractivity contribution in [3.63, 3.8) is 0 Å². The highest BCUT2D eigenvalue weighted by molar-refractivity contribution is 6.36. The SMILES string of the molecule is NCCCC[C@H](N)C(=O)O.NCCc1ccccc1Cl.O=Cc1ccc(Cl)cc1Cl. The number of hydrogen-bond acceptors (Lipinski definition) is 5. The fraction of sp³-hybridized carbons (Fsp3) is 0.333. The molecule has 2 aromatic rings. The summed E-state index contributed by atoms with van der Waals surface area (Å²) in [5.74, 6) is -0.933. The Bertz CT molecular complexity index is 776. The maximum absolute atomic E-state index is 10.2. The van der Waals surface area contributed by atoms with Crippen molar-refractivity contribution in [2.75, 3.05) is 13.1 Å². The van der Waals surface area contributed by atoms with Crippen LogP contribution in [0.3, 0.4) is 0 Å². The highest BCUT2D eigenvalue weighted by atomic mass is 35.5. The van der Waals surface area contributed by atoms with Gasteiger partial charge in [-0.15, -0.1) is 0 Å². The van der Waals surface area contributed by atoms with Gasteiger partial charge in [-0.2, -0.15) is 0 Å². The fourth-order valence-electron chi connectivity index (χ4n) is 2.09. The quantitative estimate of drug-likeness (QED) is 0.334. The van der Waals surface area contributed by atoms with Crippen LogP contribution in [-0.2, 0) is 11.2 Å². The first-order chi connectivity index (χ1) is 14.3. The van der Waals surface area contributed by atoms with E-state index in [2.05, 4.69) is 0 Å². The second-order valence-electron chi connectivity index (χ2n) is 6.14. The van der Waals surface area contributed by atoms with Gasteiger partial charge in [-0.05, 0) is 62.2 Å². The zero-order chi connectivity index (χ0) is 22.9. The molecule has 0 amide bonds. The first-order valence-corrected chi connectivity index (χ1v) is 10.4. The van der Waals surface area contributed by atoms with Crippen LogP contribution in [0.1, 0.15) is 35.2 Å². The summed E-state index contributed by atoms with van der Waals surface area (Å²) in [6, 6.07) is 11.8. The van der Waals surface area contributed by atoms with Crippen molar-refractivity contribution in [1.29, 1.82) is 0 Å².